The first-order valence-corrected chi connectivity index (χ1v) is 7.84. The fraction of sp³-hybridized carbons (Fsp3) is 0.200. The molecule has 2 heterocycles. The molecule has 108 valence electrons. The highest BCUT2D eigenvalue weighted by atomic mass is 35.5. The van der Waals surface area contributed by atoms with E-state index in [1.165, 1.54) is 11.3 Å². The topological polar surface area (TPSA) is 57.8 Å². The smallest absolute Gasteiger partial charge is 0.268 e. The molecule has 0 aliphatic carbocycles. The lowest BCUT2D eigenvalue weighted by atomic mass is 10.1. The standard InChI is InChI=1S/C15H14ClN3OS/c1-9(10-2-4-11(16)5-3-10)17-8-13-18-12-6-7-21-14(12)15(20)19-13/h2-7,9,17H,8H2,1H3,(H,18,19,20)/t9-/m1/s1. The molecule has 2 N–H and O–H groups in total. The van der Waals surface area contributed by atoms with E-state index in [0.29, 0.717) is 17.1 Å². The first-order valence-electron chi connectivity index (χ1n) is 6.59. The fourth-order valence-electron chi connectivity index (χ4n) is 2.12. The number of thiophene rings is 1. The molecule has 1 atom stereocenters. The Bertz CT molecular complexity index is 810. The number of benzene rings is 1. The lowest BCUT2D eigenvalue weighted by molar-refractivity contribution is 0.559. The van der Waals surface area contributed by atoms with E-state index in [2.05, 4.69) is 22.2 Å². The van der Waals surface area contributed by atoms with E-state index in [9.17, 15) is 4.79 Å². The second-order valence-corrected chi connectivity index (χ2v) is 6.15. The van der Waals surface area contributed by atoms with Crippen LogP contribution in [-0.2, 0) is 6.54 Å². The van der Waals surface area contributed by atoms with Gasteiger partial charge in [0.1, 0.15) is 10.5 Å². The van der Waals surface area contributed by atoms with Crippen LogP contribution in [0.4, 0.5) is 0 Å². The summed E-state index contributed by atoms with van der Waals surface area (Å²) in [5.41, 5.74) is 1.81. The molecule has 0 aliphatic rings. The lowest BCUT2D eigenvalue weighted by Crippen LogP contribution is -2.21. The number of nitrogens with zero attached hydrogens (tertiary/aromatic N) is 1. The molecule has 0 radical (unpaired) electrons. The first kappa shape index (κ1) is 14.3. The van der Waals surface area contributed by atoms with Crippen LogP contribution in [0.25, 0.3) is 10.2 Å². The van der Waals surface area contributed by atoms with Gasteiger partial charge in [-0.2, -0.15) is 0 Å². The van der Waals surface area contributed by atoms with Gasteiger partial charge in [-0.15, -0.1) is 11.3 Å². The van der Waals surface area contributed by atoms with E-state index in [4.69, 9.17) is 11.6 Å². The molecule has 6 heteroatoms. The molecule has 0 saturated carbocycles. The van der Waals surface area contributed by atoms with Crippen molar-refractivity contribution in [1.82, 2.24) is 15.3 Å². The van der Waals surface area contributed by atoms with Crippen molar-refractivity contribution < 1.29 is 0 Å². The summed E-state index contributed by atoms with van der Waals surface area (Å²) < 4.78 is 0.671. The molecule has 0 unspecified atom stereocenters. The molecule has 0 aliphatic heterocycles. The largest absolute Gasteiger partial charge is 0.308 e. The Morgan fingerprint density at radius 2 is 2.10 bits per heavy atom. The summed E-state index contributed by atoms with van der Waals surface area (Å²) >= 11 is 7.29. The second-order valence-electron chi connectivity index (χ2n) is 4.80. The maximum absolute atomic E-state index is 11.9. The van der Waals surface area contributed by atoms with E-state index in [-0.39, 0.29) is 11.6 Å². The molecular weight excluding hydrogens is 306 g/mol. The molecule has 4 nitrogen and oxygen atoms in total. The van der Waals surface area contributed by atoms with Crippen molar-refractivity contribution in [2.75, 3.05) is 0 Å². The van der Waals surface area contributed by atoms with Gasteiger partial charge in [0.25, 0.3) is 5.56 Å². The number of hydrogen-bond acceptors (Lipinski definition) is 4. The van der Waals surface area contributed by atoms with Crippen LogP contribution in [0.1, 0.15) is 24.4 Å². The minimum Gasteiger partial charge on any atom is -0.308 e. The number of aromatic nitrogens is 2. The normalized spacial score (nSPS) is 12.7. The Hall–Kier alpha value is -1.69. The predicted molar refractivity (Wildman–Crippen MR) is 86.9 cm³/mol. The average molecular weight is 320 g/mol. The van der Waals surface area contributed by atoms with Crippen LogP contribution in [0, 0.1) is 0 Å². The molecule has 21 heavy (non-hydrogen) atoms. The Balaban J connectivity index is 1.73. The number of rotatable bonds is 4. The minimum absolute atomic E-state index is 0.0778. The summed E-state index contributed by atoms with van der Waals surface area (Å²) in [5.74, 6) is 0.645. The average Bonchev–Trinajstić information content (AvgIpc) is 2.94. The number of hydrogen-bond donors (Lipinski definition) is 2. The zero-order valence-corrected chi connectivity index (χ0v) is 13.0. The van der Waals surface area contributed by atoms with Crippen molar-refractivity contribution in [1.29, 1.82) is 0 Å². The summed E-state index contributed by atoms with van der Waals surface area (Å²) in [6.45, 7) is 2.56. The van der Waals surface area contributed by atoms with Gasteiger partial charge in [-0.25, -0.2) is 4.98 Å². The number of H-pyrrole nitrogens is 1. The van der Waals surface area contributed by atoms with Crippen molar-refractivity contribution in [3.8, 4) is 0 Å². The SMILES string of the molecule is C[C@@H](NCc1nc2ccsc2c(=O)[nH]1)c1ccc(Cl)cc1. The molecule has 3 rings (SSSR count). The zero-order chi connectivity index (χ0) is 14.8. The second kappa shape index (κ2) is 5.97. The lowest BCUT2D eigenvalue weighted by Gasteiger charge is -2.13. The number of fused-ring (bicyclic) bond motifs is 1. The van der Waals surface area contributed by atoms with Crippen LogP contribution in [0.3, 0.4) is 0 Å². The number of aromatic amines is 1. The van der Waals surface area contributed by atoms with Crippen LogP contribution in [0.5, 0.6) is 0 Å². The van der Waals surface area contributed by atoms with Crippen LogP contribution < -0.4 is 10.9 Å². The van der Waals surface area contributed by atoms with E-state index in [1.54, 1.807) is 0 Å². The third-order valence-corrected chi connectivity index (χ3v) is 4.46. The van der Waals surface area contributed by atoms with Crippen molar-refractivity contribution >= 4 is 33.2 Å². The van der Waals surface area contributed by atoms with Crippen molar-refractivity contribution in [2.45, 2.75) is 19.5 Å². The van der Waals surface area contributed by atoms with Gasteiger partial charge in [-0.05, 0) is 36.1 Å². The summed E-state index contributed by atoms with van der Waals surface area (Å²) in [5, 5.41) is 5.94. The minimum atomic E-state index is -0.0778. The van der Waals surface area contributed by atoms with Gasteiger partial charge in [-0.3, -0.25) is 4.79 Å². The summed E-state index contributed by atoms with van der Waals surface area (Å²) in [4.78, 5) is 19.1. The Kier molecular flexibility index (Phi) is 4.05. The van der Waals surface area contributed by atoms with Gasteiger partial charge < -0.3 is 10.3 Å². The fourth-order valence-corrected chi connectivity index (χ4v) is 2.98. The summed E-state index contributed by atoms with van der Waals surface area (Å²) in [6.07, 6.45) is 0. The number of nitrogens with one attached hydrogen (secondary N) is 2. The van der Waals surface area contributed by atoms with E-state index < -0.39 is 0 Å². The summed E-state index contributed by atoms with van der Waals surface area (Å²) in [7, 11) is 0. The first-order chi connectivity index (χ1) is 10.1. The van der Waals surface area contributed by atoms with E-state index in [0.717, 1.165) is 16.1 Å². The van der Waals surface area contributed by atoms with Gasteiger partial charge in [0.15, 0.2) is 0 Å². The third kappa shape index (κ3) is 3.15. The molecule has 0 spiro atoms. The molecular formula is C15H14ClN3OS. The maximum Gasteiger partial charge on any atom is 0.268 e. The highest BCUT2D eigenvalue weighted by molar-refractivity contribution is 7.17. The monoisotopic (exact) mass is 319 g/mol. The maximum atomic E-state index is 11.9. The Morgan fingerprint density at radius 3 is 2.86 bits per heavy atom. The quantitative estimate of drug-likeness (QED) is 0.774. The van der Waals surface area contributed by atoms with Crippen LogP contribution >= 0.6 is 22.9 Å². The Morgan fingerprint density at radius 1 is 1.33 bits per heavy atom. The molecule has 0 bridgehead atoms. The highest BCUT2D eigenvalue weighted by Gasteiger charge is 2.08. The van der Waals surface area contributed by atoms with Crippen molar-refractivity contribution in [3.63, 3.8) is 0 Å². The van der Waals surface area contributed by atoms with Gasteiger partial charge in [0.2, 0.25) is 0 Å². The van der Waals surface area contributed by atoms with Gasteiger partial charge in [0.05, 0.1) is 12.1 Å². The highest BCUT2D eigenvalue weighted by Crippen LogP contribution is 2.17. The zero-order valence-electron chi connectivity index (χ0n) is 11.4. The Labute approximate surface area is 130 Å². The molecule has 2 aromatic heterocycles. The molecule has 0 saturated heterocycles. The molecule has 0 amide bonds. The van der Waals surface area contributed by atoms with Crippen LogP contribution in [0.2, 0.25) is 5.02 Å². The van der Waals surface area contributed by atoms with Crippen molar-refractivity contribution in [2.24, 2.45) is 0 Å². The molecule has 1 aromatic carbocycles. The van der Waals surface area contributed by atoms with E-state index in [1.807, 2.05) is 35.7 Å². The molecule has 3 aromatic rings. The molecule has 0 fully saturated rings. The number of halogens is 1. The predicted octanol–water partition coefficient (Wildman–Crippen LogP) is 3.49. The van der Waals surface area contributed by atoms with Gasteiger partial charge >= 0.3 is 0 Å². The van der Waals surface area contributed by atoms with Crippen LogP contribution in [-0.4, -0.2) is 9.97 Å². The van der Waals surface area contributed by atoms with Crippen molar-refractivity contribution in [3.05, 3.63) is 62.5 Å². The van der Waals surface area contributed by atoms with Crippen LogP contribution in [0.15, 0.2) is 40.5 Å². The third-order valence-electron chi connectivity index (χ3n) is 3.31. The summed E-state index contributed by atoms with van der Waals surface area (Å²) in [6, 6.07) is 9.71. The van der Waals surface area contributed by atoms with Gasteiger partial charge in [0, 0.05) is 11.1 Å². The van der Waals surface area contributed by atoms with Gasteiger partial charge in [-0.1, -0.05) is 23.7 Å². The van der Waals surface area contributed by atoms with E-state index >= 15 is 0 Å².